The van der Waals surface area contributed by atoms with Crippen molar-refractivity contribution in [2.24, 2.45) is 0 Å². The first-order valence-corrected chi connectivity index (χ1v) is 7.12. The molecule has 1 aliphatic carbocycles. The molecule has 0 aromatic heterocycles. The maximum Gasteiger partial charge on any atom is 0.135 e. The highest BCUT2D eigenvalue weighted by atomic mass is 32.2. The Hall–Kier alpha value is -0.220. The van der Waals surface area contributed by atoms with Crippen LogP contribution < -0.4 is 0 Å². The topological polar surface area (TPSA) is 37.4 Å². The van der Waals surface area contributed by atoms with Gasteiger partial charge in [-0.2, -0.15) is 0 Å². The molecule has 2 aliphatic rings. The first-order chi connectivity index (χ1) is 7.27. The summed E-state index contributed by atoms with van der Waals surface area (Å²) in [7, 11) is -0.827. The molecule has 1 aliphatic heterocycles. The summed E-state index contributed by atoms with van der Waals surface area (Å²) >= 11 is 0. The summed E-state index contributed by atoms with van der Waals surface area (Å²) in [4.78, 5) is 11.1. The lowest BCUT2D eigenvalue weighted by molar-refractivity contribution is -0.120. The third-order valence-corrected chi connectivity index (χ3v) is 5.29. The Morgan fingerprint density at radius 3 is 2.27 bits per heavy atom. The van der Waals surface area contributed by atoms with Crippen LogP contribution >= 0.6 is 0 Å². The lowest BCUT2D eigenvalue weighted by Gasteiger charge is -2.30. The minimum atomic E-state index is -0.827. The standard InChI is InChI=1S/C11H19NO2S/c13-10-6-8-12(9-7-10)15(14)11-4-2-1-3-5-11/h11H,1-9H2. The summed E-state index contributed by atoms with van der Waals surface area (Å²) in [5, 5.41) is 0.368. The molecule has 1 atom stereocenters. The van der Waals surface area contributed by atoms with Gasteiger partial charge in [0.25, 0.3) is 0 Å². The van der Waals surface area contributed by atoms with Gasteiger partial charge in [-0.3, -0.25) is 4.79 Å². The Bertz CT molecular complexity index is 251. The van der Waals surface area contributed by atoms with Gasteiger partial charge < -0.3 is 0 Å². The molecule has 1 saturated heterocycles. The van der Waals surface area contributed by atoms with E-state index in [-0.39, 0.29) is 0 Å². The number of ketones is 1. The Morgan fingerprint density at radius 1 is 1.07 bits per heavy atom. The van der Waals surface area contributed by atoms with Gasteiger partial charge in [-0.05, 0) is 12.8 Å². The van der Waals surface area contributed by atoms with E-state index in [1.165, 1.54) is 19.3 Å². The van der Waals surface area contributed by atoms with E-state index in [0.717, 1.165) is 12.8 Å². The quantitative estimate of drug-likeness (QED) is 0.722. The molecule has 3 nitrogen and oxygen atoms in total. The maximum absolute atomic E-state index is 12.2. The minimum absolute atomic E-state index is 0.326. The first kappa shape index (κ1) is 11.3. The molecular weight excluding hydrogens is 210 g/mol. The van der Waals surface area contributed by atoms with E-state index in [1.807, 2.05) is 4.31 Å². The van der Waals surface area contributed by atoms with Crippen molar-refractivity contribution < 1.29 is 9.00 Å². The first-order valence-electron chi connectivity index (χ1n) is 5.95. The van der Waals surface area contributed by atoms with Crippen LogP contribution in [0.15, 0.2) is 0 Å². The van der Waals surface area contributed by atoms with Crippen LogP contribution in [-0.4, -0.2) is 32.6 Å². The highest BCUT2D eigenvalue weighted by molar-refractivity contribution is 7.83. The van der Waals surface area contributed by atoms with Crippen LogP contribution in [0.1, 0.15) is 44.9 Å². The third-order valence-electron chi connectivity index (χ3n) is 3.37. The van der Waals surface area contributed by atoms with Gasteiger partial charge in [0.2, 0.25) is 0 Å². The Balaban J connectivity index is 1.86. The molecule has 0 aromatic carbocycles. The average Bonchev–Trinajstić information content (AvgIpc) is 2.30. The van der Waals surface area contributed by atoms with Gasteiger partial charge >= 0.3 is 0 Å². The smallest absolute Gasteiger partial charge is 0.135 e. The second-order valence-corrected chi connectivity index (χ2v) is 6.24. The molecule has 86 valence electrons. The predicted octanol–water partition coefficient (Wildman–Crippen LogP) is 1.65. The van der Waals surface area contributed by atoms with Crippen LogP contribution in [0.5, 0.6) is 0 Å². The molecule has 4 heteroatoms. The summed E-state index contributed by atoms with van der Waals surface area (Å²) in [6.45, 7) is 1.42. The van der Waals surface area contributed by atoms with Crippen molar-refractivity contribution >= 4 is 16.8 Å². The second-order valence-electron chi connectivity index (χ2n) is 4.50. The molecule has 0 aromatic rings. The number of rotatable bonds is 2. The zero-order valence-electron chi connectivity index (χ0n) is 9.11. The molecule has 1 saturated carbocycles. The summed E-state index contributed by atoms with van der Waals surface area (Å²) in [5.74, 6) is 0.326. The minimum Gasteiger partial charge on any atom is -0.300 e. The van der Waals surface area contributed by atoms with E-state index in [4.69, 9.17) is 0 Å². The van der Waals surface area contributed by atoms with E-state index in [2.05, 4.69) is 0 Å². The number of carbonyl (C=O) groups is 1. The highest BCUT2D eigenvalue weighted by Gasteiger charge is 2.27. The van der Waals surface area contributed by atoms with Crippen molar-refractivity contribution in [3.05, 3.63) is 0 Å². The van der Waals surface area contributed by atoms with Gasteiger partial charge in [0.15, 0.2) is 0 Å². The molecule has 0 bridgehead atoms. The number of nitrogens with zero attached hydrogens (tertiary/aromatic N) is 1. The van der Waals surface area contributed by atoms with Crippen LogP contribution in [0.4, 0.5) is 0 Å². The van der Waals surface area contributed by atoms with Crippen LogP contribution in [0, 0.1) is 0 Å². The highest BCUT2D eigenvalue weighted by Crippen LogP contribution is 2.24. The average molecular weight is 229 g/mol. The molecule has 0 radical (unpaired) electrons. The van der Waals surface area contributed by atoms with Crippen molar-refractivity contribution in [2.45, 2.75) is 50.2 Å². The van der Waals surface area contributed by atoms with Gasteiger partial charge in [-0.1, -0.05) is 19.3 Å². The molecule has 0 amide bonds. The summed E-state index contributed by atoms with van der Waals surface area (Å²) < 4.78 is 14.2. The SMILES string of the molecule is O=C1CCN(S(=O)C2CCCCC2)CC1. The lowest BCUT2D eigenvalue weighted by atomic mass is 10.0. The fourth-order valence-corrected chi connectivity index (χ4v) is 4.09. The molecule has 2 rings (SSSR count). The summed E-state index contributed by atoms with van der Waals surface area (Å²) in [5.41, 5.74) is 0. The third kappa shape index (κ3) is 2.88. The number of carbonyl (C=O) groups excluding carboxylic acids is 1. The second kappa shape index (κ2) is 5.21. The van der Waals surface area contributed by atoms with Gasteiger partial charge in [-0.25, -0.2) is 8.51 Å². The van der Waals surface area contributed by atoms with E-state index < -0.39 is 11.0 Å². The number of hydrogen-bond donors (Lipinski definition) is 0. The number of Topliss-reactive ketones (excluding diaryl/α,β-unsaturated/α-hetero) is 1. The Kier molecular flexibility index (Phi) is 3.92. The van der Waals surface area contributed by atoms with Gasteiger partial charge in [-0.15, -0.1) is 0 Å². The predicted molar refractivity (Wildman–Crippen MR) is 60.8 cm³/mol. The molecule has 1 unspecified atom stereocenters. The fourth-order valence-electron chi connectivity index (χ4n) is 2.39. The van der Waals surface area contributed by atoms with Crippen molar-refractivity contribution in [1.29, 1.82) is 0 Å². The van der Waals surface area contributed by atoms with Gasteiger partial charge in [0, 0.05) is 31.2 Å². The number of piperidine rings is 1. The molecule has 0 N–H and O–H groups in total. The summed E-state index contributed by atoms with van der Waals surface area (Å²) in [6, 6.07) is 0. The van der Waals surface area contributed by atoms with E-state index in [9.17, 15) is 9.00 Å². The van der Waals surface area contributed by atoms with Crippen LogP contribution in [0.25, 0.3) is 0 Å². The van der Waals surface area contributed by atoms with Crippen molar-refractivity contribution in [3.8, 4) is 0 Å². The maximum atomic E-state index is 12.2. The van der Waals surface area contributed by atoms with Gasteiger partial charge in [0.05, 0.1) is 11.0 Å². The normalized spacial score (nSPS) is 27.9. The van der Waals surface area contributed by atoms with E-state index >= 15 is 0 Å². The van der Waals surface area contributed by atoms with Crippen LogP contribution in [0.3, 0.4) is 0 Å². The van der Waals surface area contributed by atoms with Gasteiger partial charge in [0.1, 0.15) is 5.78 Å². The van der Waals surface area contributed by atoms with Crippen molar-refractivity contribution in [3.63, 3.8) is 0 Å². The van der Waals surface area contributed by atoms with Crippen molar-refractivity contribution in [2.75, 3.05) is 13.1 Å². The van der Waals surface area contributed by atoms with Crippen LogP contribution in [0.2, 0.25) is 0 Å². The van der Waals surface area contributed by atoms with Crippen LogP contribution in [-0.2, 0) is 15.8 Å². The fraction of sp³-hybridized carbons (Fsp3) is 0.909. The number of hydrogen-bond acceptors (Lipinski definition) is 2. The molecule has 2 fully saturated rings. The molecule has 15 heavy (non-hydrogen) atoms. The Morgan fingerprint density at radius 2 is 1.67 bits per heavy atom. The summed E-state index contributed by atoms with van der Waals surface area (Å²) in [6.07, 6.45) is 7.16. The largest absolute Gasteiger partial charge is 0.300 e. The monoisotopic (exact) mass is 229 g/mol. The zero-order chi connectivity index (χ0) is 10.7. The van der Waals surface area contributed by atoms with Crippen molar-refractivity contribution in [1.82, 2.24) is 4.31 Å². The van der Waals surface area contributed by atoms with E-state index in [1.54, 1.807) is 0 Å². The Labute approximate surface area is 93.8 Å². The lowest BCUT2D eigenvalue weighted by Crippen LogP contribution is -2.40. The zero-order valence-corrected chi connectivity index (χ0v) is 9.93. The molecular formula is C11H19NO2S. The van der Waals surface area contributed by atoms with E-state index in [0.29, 0.717) is 37.0 Å². The molecule has 0 spiro atoms. The molecule has 1 heterocycles.